The summed E-state index contributed by atoms with van der Waals surface area (Å²) in [5.41, 5.74) is 5.53. The zero-order valence-corrected chi connectivity index (χ0v) is 19.2. The molecule has 5 rings (SSSR count). The highest BCUT2D eigenvalue weighted by Gasteiger charge is 2.18. The summed E-state index contributed by atoms with van der Waals surface area (Å²) in [6.45, 7) is 4.83. The van der Waals surface area contributed by atoms with E-state index in [0.717, 1.165) is 11.8 Å². The molecule has 0 aliphatic carbocycles. The number of carbonyl (C=O) groups excluding carboxylic acids is 2. The van der Waals surface area contributed by atoms with Crippen molar-refractivity contribution in [3.8, 4) is 11.5 Å². The molecule has 0 radical (unpaired) electrons. The molecule has 0 bridgehead atoms. The standard InChI is InChI=1S/C23H20N6O5S/c1-2-9-28-21(32)15-5-3-4-6-16(15)29-22(28)26-27-23(29)35-13-19(30)24-25-20(31)14-7-8-17-18(12-14)34-11-10-33-17/h2-8,12H,1,9-11,13H2,(H,24,30)(H,25,31). The van der Waals surface area contributed by atoms with Crippen LogP contribution in [0.3, 0.4) is 0 Å². The van der Waals surface area contributed by atoms with E-state index in [0.29, 0.717) is 52.1 Å². The Morgan fingerprint density at radius 2 is 1.89 bits per heavy atom. The van der Waals surface area contributed by atoms with Crippen LogP contribution in [-0.2, 0) is 11.3 Å². The molecule has 0 spiro atoms. The second-order valence-corrected chi connectivity index (χ2v) is 8.43. The Labute approximate surface area is 202 Å². The summed E-state index contributed by atoms with van der Waals surface area (Å²) in [6.07, 6.45) is 1.61. The largest absolute Gasteiger partial charge is 0.486 e. The molecule has 35 heavy (non-hydrogen) atoms. The van der Waals surface area contributed by atoms with Crippen LogP contribution in [0.2, 0.25) is 0 Å². The highest BCUT2D eigenvalue weighted by molar-refractivity contribution is 7.99. The maximum atomic E-state index is 12.9. The number of para-hydroxylation sites is 1. The molecule has 0 fully saturated rings. The number of nitrogens with one attached hydrogen (secondary N) is 2. The molecule has 11 nitrogen and oxygen atoms in total. The first-order valence-corrected chi connectivity index (χ1v) is 11.6. The van der Waals surface area contributed by atoms with Crippen LogP contribution < -0.4 is 25.9 Å². The van der Waals surface area contributed by atoms with Crippen LogP contribution >= 0.6 is 11.8 Å². The third kappa shape index (κ3) is 4.30. The van der Waals surface area contributed by atoms with Crippen LogP contribution in [0.4, 0.5) is 0 Å². The lowest BCUT2D eigenvalue weighted by atomic mass is 10.2. The predicted molar refractivity (Wildman–Crippen MR) is 129 cm³/mol. The van der Waals surface area contributed by atoms with Gasteiger partial charge in [-0.2, -0.15) is 0 Å². The molecule has 2 N–H and O–H groups in total. The number of nitrogens with zero attached hydrogens (tertiary/aromatic N) is 4. The van der Waals surface area contributed by atoms with Gasteiger partial charge in [-0.1, -0.05) is 30.0 Å². The third-order valence-corrected chi connectivity index (χ3v) is 6.17. The molecule has 2 aromatic carbocycles. The Bertz CT molecular complexity index is 1530. The number of amides is 2. The van der Waals surface area contributed by atoms with Crippen molar-refractivity contribution in [2.75, 3.05) is 19.0 Å². The maximum absolute atomic E-state index is 12.9. The van der Waals surface area contributed by atoms with Crippen LogP contribution in [0.5, 0.6) is 11.5 Å². The van der Waals surface area contributed by atoms with Crippen molar-refractivity contribution in [1.82, 2.24) is 30.0 Å². The van der Waals surface area contributed by atoms with Gasteiger partial charge in [0.2, 0.25) is 11.7 Å². The van der Waals surface area contributed by atoms with E-state index in [-0.39, 0.29) is 17.9 Å². The fourth-order valence-corrected chi connectivity index (χ4v) is 4.41. The molecule has 2 aromatic heterocycles. The smallest absolute Gasteiger partial charge is 0.269 e. The van der Waals surface area contributed by atoms with E-state index in [1.807, 2.05) is 6.07 Å². The highest BCUT2D eigenvalue weighted by Crippen LogP contribution is 2.30. The Morgan fingerprint density at radius 1 is 1.09 bits per heavy atom. The Morgan fingerprint density at radius 3 is 2.71 bits per heavy atom. The molecular weight excluding hydrogens is 472 g/mol. The number of thioether (sulfide) groups is 1. The SMILES string of the molecule is C=CCn1c(=O)c2ccccc2n2c(SCC(=O)NNC(=O)c3ccc4c(c3)OCCO4)nnc12. The Hall–Kier alpha value is -4.32. The van der Waals surface area contributed by atoms with E-state index in [9.17, 15) is 14.4 Å². The van der Waals surface area contributed by atoms with E-state index < -0.39 is 11.8 Å². The van der Waals surface area contributed by atoms with Gasteiger partial charge in [0, 0.05) is 12.1 Å². The lowest BCUT2D eigenvalue weighted by molar-refractivity contribution is -0.119. The normalized spacial score (nSPS) is 12.5. The second kappa shape index (κ2) is 9.50. The van der Waals surface area contributed by atoms with Crippen molar-refractivity contribution in [2.24, 2.45) is 0 Å². The van der Waals surface area contributed by atoms with E-state index in [1.165, 1.54) is 4.57 Å². The van der Waals surface area contributed by atoms with Crippen LogP contribution in [-0.4, -0.2) is 49.9 Å². The number of ether oxygens (including phenoxy) is 2. The van der Waals surface area contributed by atoms with Gasteiger partial charge in [0.25, 0.3) is 11.5 Å². The van der Waals surface area contributed by atoms with E-state index in [4.69, 9.17) is 9.47 Å². The summed E-state index contributed by atoms with van der Waals surface area (Å²) >= 11 is 1.13. The molecule has 4 aromatic rings. The topological polar surface area (TPSA) is 129 Å². The lowest BCUT2D eigenvalue weighted by Gasteiger charge is -2.18. The van der Waals surface area contributed by atoms with E-state index in [2.05, 4.69) is 27.6 Å². The molecule has 178 valence electrons. The summed E-state index contributed by atoms with van der Waals surface area (Å²) in [7, 11) is 0. The van der Waals surface area contributed by atoms with Gasteiger partial charge in [-0.15, -0.1) is 16.8 Å². The van der Waals surface area contributed by atoms with Gasteiger partial charge in [0.1, 0.15) is 13.2 Å². The van der Waals surface area contributed by atoms with E-state index in [1.54, 1.807) is 46.9 Å². The van der Waals surface area contributed by atoms with Crippen LogP contribution in [0.15, 0.2) is 65.1 Å². The lowest BCUT2D eigenvalue weighted by Crippen LogP contribution is -2.42. The quantitative estimate of drug-likeness (QED) is 0.236. The number of hydrazine groups is 1. The molecule has 12 heteroatoms. The monoisotopic (exact) mass is 492 g/mol. The number of hydrogen-bond acceptors (Lipinski definition) is 8. The molecule has 0 unspecified atom stereocenters. The number of benzene rings is 2. The minimum absolute atomic E-state index is 0.0445. The first kappa shape index (κ1) is 22.5. The third-order valence-electron chi connectivity index (χ3n) is 5.24. The summed E-state index contributed by atoms with van der Waals surface area (Å²) in [5, 5.41) is 9.27. The molecule has 3 heterocycles. The van der Waals surface area contributed by atoms with Crippen molar-refractivity contribution < 1.29 is 19.1 Å². The zero-order chi connectivity index (χ0) is 24.4. The van der Waals surface area contributed by atoms with Gasteiger partial charge in [0.05, 0.1) is 16.7 Å². The number of carbonyl (C=O) groups is 2. The molecule has 1 aliphatic rings. The van der Waals surface area contributed by atoms with Gasteiger partial charge in [-0.25, -0.2) is 0 Å². The number of aromatic nitrogens is 4. The first-order chi connectivity index (χ1) is 17.1. The molecular formula is C23H20N6O5S. The number of fused-ring (bicyclic) bond motifs is 4. The molecule has 1 aliphatic heterocycles. The fraction of sp³-hybridized carbons (Fsp3) is 0.174. The van der Waals surface area contributed by atoms with Gasteiger partial charge in [-0.05, 0) is 30.3 Å². The molecule has 2 amide bonds. The summed E-state index contributed by atoms with van der Waals surface area (Å²) in [5.74, 6) is 0.417. The molecule has 0 saturated heterocycles. The summed E-state index contributed by atoms with van der Waals surface area (Å²) < 4.78 is 14.1. The summed E-state index contributed by atoms with van der Waals surface area (Å²) in [4.78, 5) is 37.7. The minimum Gasteiger partial charge on any atom is -0.486 e. The van der Waals surface area contributed by atoms with Crippen molar-refractivity contribution in [3.63, 3.8) is 0 Å². The zero-order valence-electron chi connectivity index (χ0n) is 18.4. The number of hydrogen-bond donors (Lipinski definition) is 2. The molecule has 0 atom stereocenters. The highest BCUT2D eigenvalue weighted by atomic mass is 32.2. The van der Waals surface area contributed by atoms with Gasteiger partial charge in [-0.3, -0.25) is 34.2 Å². The van der Waals surface area contributed by atoms with Crippen molar-refractivity contribution >= 4 is 40.3 Å². The predicted octanol–water partition coefficient (Wildman–Crippen LogP) is 1.55. The average molecular weight is 493 g/mol. The van der Waals surface area contributed by atoms with Gasteiger partial charge >= 0.3 is 0 Å². The summed E-state index contributed by atoms with van der Waals surface area (Å²) in [6, 6.07) is 11.9. The Balaban J connectivity index is 1.29. The Kier molecular flexibility index (Phi) is 6.10. The van der Waals surface area contributed by atoms with Crippen molar-refractivity contribution in [3.05, 3.63) is 71.0 Å². The maximum Gasteiger partial charge on any atom is 0.269 e. The van der Waals surface area contributed by atoms with Gasteiger partial charge < -0.3 is 9.47 Å². The van der Waals surface area contributed by atoms with Crippen molar-refractivity contribution in [2.45, 2.75) is 11.7 Å². The first-order valence-electron chi connectivity index (χ1n) is 10.7. The molecule has 0 saturated carbocycles. The van der Waals surface area contributed by atoms with E-state index >= 15 is 0 Å². The van der Waals surface area contributed by atoms with Crippen molar-refractivity contribution in [1.29, 1.82) is 0 Å². The minimum atomic E-state index is -0.493. The fourth-order valence-electron chi connectivity index (χ4n) is 3.67. The van der Waals surface area contributed by atoms with Gasteiger partial charge in [0.15, 0.2) is 16.7 Å². The van der Waals surface area contributed by atoms with Crippen LogP contribution in [0, 0.1) is 0 Å². The van der Waals surface area contributed by atoms with Crippen LogP contribution in [0.25, 0.3) is 16.7 Å². The second-order valence-electron chi connectivity index (χ2n) is 7.49. The average Bonchev–Trinajstić information content (AvgIpc) is 3.32. The number of allylic oxidation sites excluding steroid dienone is 1. The number of rotatable bonds is 6. The van der Waals surface area contributed by atoms with Crippen LogP contribution in [0.1, 0.15) is 10.4 Å².